The summed E-state index contributed by atoms with van der Waals surface area (Å²) in [6.45, 7) is 4.04. The molecule has 0 radical (unpaired) electrons. The average Bonchev–Trinajstić information content (AvgIpc) is 2.29. The minimum absolute atomic E-state index is 0.629. The Bertz CT molecular complexity index is 483. The molecule has 1 N–H and O–H groups in total. The second kappa shape index (κ2) is 4.41. The second-order valence-corrected chi connectivity index (χ2v) is 3.94. The van der Waals surface area contributed by atoms with E-state index in [-0.39, 0.29) is 0 Å². The van der Waals surface area contributed by atoms with Crippen molar-refractivity contribution >= 4 is 0 Å². The SMILES string of the molecule is Cc1ccc(C(O)c2ccnnc2)c(C)c1. The summed E-state index contributed by atoms with van der Waals surface area (Å²) in [5.74, 6) is 0. The van der Waals surface area contributed by atoms with Crippen molar-refractivity contribution in [3.05, 3.63) is 58.9 Å². The summed E-state index contributed by atoms with van der Waals surface area (Å²) in [7, 11) is 0. The van der Waals surface area contributed by atoms with Crippen LogP contribution in [-0.2, 0) is 0 Å². The molecule has 0 saturated heterocycles. The predicted octanol–water partition coefficient (Wildman–Crippen LogP) is 2.18. The highest BCUT2D eigenvalue weighted by Crippen LogP contribution is 2.24. The lowest BCUT2D eigenvalue weighted by Crippen LogP contribution is -2.03. The molecule has 1 aromatic heterocycles. The van der Waals surface area contributed by atoms with Gasteiger partial charge in [-0.1, -0.05) is 23.8 Å². The molecule has 16 heavy (non-hydrogen) atoms. The van der Waals surface area contributed by atoms with Gasteiger partial charge in [-0.05, 0) is 31.0 Å². The average molecular weight is 214 g/mol. The molecule has 2 rings (SSSR count). The smallest absolute Gasteiger partial charge is 0.106 e. The maximum Gasteiger partial charge on any atom is 0.106 e. The van der Waals surface area contributed by atoms with Gasteiger partial charge in [0.2, 0.25) is 0 Å². The van der Waals surface area contributed by atoms with Gasteiger partial charge in [-0.15, -0.1) is 0 Å². The van der Waals surface area contributed by atoms with Gasteiger partial charge in [-0.3, -0.25) is 0 Å². The van der Waals surface area contributed by atoms with Gasteiger partial charge >= 0.3 is 0 Å². The molecule has 2 aromatic rings. The first-order valence-electron chi connectivity index (χ1n) is 5.20. The number of aliphatic hydroxyl groups is 1. The van der Waals surface area contributed by atoms with Crippen LogP contribution < -0.4 is 0 Å². The highest BCUT2D eigenvalue weighted by Gasteiger charge is 2.12. The maximum atomic E-state index is 10.2. The van der Waals surface area contributed by atoms with E-state index in [1.54, 1.807) is 18.5 Å². The highest BCUT2D eigenvalue weighted by molar-refractivity contribution is 5.36. The first kappa shape index (κ1) is 10.8. The van der Waals surface area contributed by atoms with Crippen LogP contribution in [0.3, 0.4) is 0 Å². The molecule has 3 nitrogen and oxygen atoms in total. The third-order valence-electron chi connectivity index (χ3n) is 2.64. The summed E-state index contributed by atoms with van der Waals surface area (Å²) in [5.41, 5.74) is 3.96. The Balaban J connectivity index is 2.38. The van der Waals surface area contributed by atoms with Crippen molar-refractivity contribution < 1.29 is 5.11 Å². The van der Waals surface area contributed by atoms with Crippen molar-refractivity contribution in [3.8, 4) is 0 Å². The van der Waals surface area contributed by atoms with Gasteiger partial charge in [0.25, 0.3) is 0 Å². The zero-order chi connectivity index (χ0) is 11.5. The summed E-state index contributed by atoms with van der Waals surface area (Å²) in [4.78, 5) is 0. The van der Waals surface area contributed by atoms with Gasteiger partial charge in [0.1, 0.15) is 6.10 Å². The van der Waals surface area contributed by atoms with E-state index < -0.39 is 6.10 Å². The topological polar surface area (TPSA) is 46.0 Å². The van der Waals surface area contributed by atoms with E-state index >= 15 is 0 Å². The van der Waals surface area contributed by atoms with E-state index in [1.807, 2.05) is 26.0 Å². The lowest BCUT2D eigenvalue weighted by atomic mass is 9.97. The van der Waals surface area contributed by atoms with E-state index in [2.05, 4.69) is 16.3 Å². The van der Waals surface area contributed by atoms with Crippen molar-refractivity contribution in [2.75, 3.05) is 0 Å². The van der Waals surface area contributed by atoms with E-state index in [0.717, 1.165) is 16.7 Å². The molecule has 82 valence electrons. The van der Waals surface area contributed by atoms with Gasteiger partial charge in [0.05, 0.1) is 6.20 Å². The van der Waals surface area contributed by atoms with Crippen molar-refractivity contribution in [3.63, 3.8) is 0 Å². The lowest BCUT2D eigenvalue weighted by Gasteiger charge is -2.13. The Labute approximate surface area is 94.8 Å². The van der Waals surface area contributed by atoms with Crippen LogP contribution >= 0.6 is 0 Å². The summed E-state index contributed by atoms with van der Waals surface area (Å²) in [6, 6.07) is 7.79. The predicted molar refractivity (Wildman–Crippen MR) is 62.0 cm³/mol. The summed E-state index contributed by atoms with van der Waals surface area (Å²) in [5, 5.41) is 17.7. The van der Waals surface area contributed by atoms with Crippen LogP contribution in [-0.4, -0.2) is 15.3 Å². The fourth-order valence-corrected chi connectivity index (χ4v) is 1.77. The van der Waals surface area contributed by atoms with E-state index in [4.69, 9.17) is 0 Å². The van der Waals surface area contributed by atoms with Crippen LogP contribution in [0.4, 0.5) is 0 Å². The fourth-order valence-electron chi connectivity index (χ4n) is 1.77. The summed E-state index contributed by atoms with van der Waals surface area (Å²) >= 11 is 0. The van der Waals surface area contributed by atoms with Crippen molar-refractivity contribution in [2.24, 2.45) is 0 Å². The third kappa shape index (κ3) is 2.09. The van der Waals surface area contributed by atoms with Gasteiger partial charge < -0.3 is 5.11 Å². The Kier molecular flexibility index (Phi) is 2.97. The van der Waals surface area contributed by atoms with Crippen molar-refractivity contribution in [1.82, 2.24) is 10.2 Å². The molecule has 3 heteroatoms. The van der Waals surface area contributed by atoms with Gasteiger partial charge in [-0.25, -0.2) is 0 Å². The molecule has 1 atom stereocenters. The molecule has 1 unspecified atom stereocenters. The first-order valence-corrected chi connectivity index (χ1v) is 5.20. The molecular formula is C13H14N2O. The molecule has 0 saturated carbocycles. The van der Waals surface area contributed by atoms with Crippen molar-refractivity contribution in [1.29, 1.82) is 0 Å². The number of rotatable bonds is 2. The minimum Gasteiger partial charge on any atom is -0.384 e. The first-order chi connectivity index (χ1) is 7.68. The summed E-state index contributed by atoms with van der Waals surface area (Å²) < 4.78 is 0. The number of nitrogens with zero attached hydrogens (tertiary/aromatic N) is 2. The molecule has 0 bridgehead atoms. The standard InChI is InChI=1S/C13H14N2O/c1-9-3-4-12(10(2)7-9)13(16)11-5-6-14-15-8-11/h3-8,13,16H,1-2H3. The number of hydrogen-bond donors (Lipinski definition) is 1. The van der Waals surface area contributed by atoms with E-state index in [9.17, 15) is 5.11 Å². The molecule has 0 aliphatic rings. The lowest BCUT2D eigenvalue weighted by molar-refractivity contribution is 0.219. The molecule has 0 aliphatic carbocycles. The van der Waals surface area contributed by atoms with Crippen LogP contribution in [0.2, 0.25) is 0 Å². The molecule has 0 aliphatic heterocycles. The minimum atomic E-state index is -0.629. The van der Waals surface area contributed by atoms with Crippen LogP contribution in [0.5, 0.6) is 0 Å². The molecular weight excluding hydrogens is 200 g/mol. The zero-order valence-electron chi connectivity index (χ0n) is 9.38. The van der Waals surface area contributed by atoms with E-state index in [0.29, 0.717) is 0 Å². The third-order valence-corrected chi connectivity index (χ3v) is 2.64. The Morgan fingerprint density at radius 3 is 2.56 bits per heavy atom. The number of hydrogen-bond acceptors (Lipinski definition) is 3. The fraction of sp³-hybridized carbons (Fsp3) is 0.231. The molecule has 1 aromatic carbocycles. The van der Waals surface area contributed by atoms with E-state index in [1.165, 1.54) is 5.56 Å². The quantitative estimate of drug-likeness (QED) is 0.833. The van der Waals surface area contributed by atoms with Gasteiger partial charge in [-0.2, -0.15) is 10.2 Å². The van der Waals surface area contributed by atoms with Crippen LogP contribution in [0.1, 0.15) is 28.4 Å². The number of aliphatic hydroxyl groups excluding tert-OH is 1. The van der Waals surface area contributed by atoms with Crippen molar-refractivity contribution in [2.45, 2.75) is 20.0 Å². The Hall–Kier alpha value is -1.74. The highest BCUT2D eigenvalue weighted by atomic mass is 16.3. The Morgan fingerprint density at radius 1 is 1.12 bits per heavy atom. The van der Waals surface area contributed by atoms with Crippen LogP contribution in [0.25, 0.3) is 0 Å². The Morgan fingerprint density at radius 2 is 1.94 bits per heavy atom. The molecule has 0 amide bonds. The van der Waals surface area contributed by atoms with Crippen LogP contribution in [0.15, 0.2) is 36.7 Å². The van der Waals surface area contributed by atoms with Gasteiger partial charge in [0, 0.05) is 11.8 Å². The molecule has 0 spiro atoms. The second-order valence-electron chi connectivity index (χ2n) is 3.94. The van der Waals surface area contributed by atoms with Crippen LogP contribution in [0, 0.1) is 13.8 Å². The monoisotopic (exact) mass is 214 g/mol. The van der Waals surface area contributed by atoms with Gasteiger partial charge in [0.15, 0.2) is 0 Å². The maximum absolute atomic E-state index is 10.2. The molecule has 1 heterocycles. The number of aromatic nitrogens is 2. The summed E-state index contributed by atoms with van der Waals surface area (Å²) in [6.07, 6.45) is 2.54. The number of aryl methyl sites for hydroxylation is 2. The number of benzene rings is 1. The normalized spacial score (nSPS) is 12.4. The largest absolute Gasteiger partial charge is 0.384 e. The molecule has 0 fully saturated rings. The zero-order valence-corrected chi connectivity index (χ0v) is 9.38.